The first-order valence-electron chi connectivity index (χ1n) is 8.17. The largest absolute Gasteiger partial charge is 0.0984 e. The van der Waals surface area contributed by atoms with Crippen molar-refractivity contribution in [3.8, 4) is 0 Å². The first kappa shape index (κ1) is 14.5. The highest BCUT2D eigenvalue weighted by atomic mass is 14.1. The summed E-state index contributed by atoms with van der Waals surface area (Å²) in [6, 6.07) is 27.4. The van der Waals surface area contributed by atoms with Crippen LogP contribution in [0.1, 0.15) is 16.7 Å². The lowest BCUT2D eigenvalue weighted by atomic mass is 10.0. The summed E-state index contributed by atoms with van der Waals surface area (Å²) < 4.78 is 0. The SMILES string of the molecule is C1=Cc2cccc3cccc1c23.C=Cc1cccc2ccccc12. The molecule has 4 aromatic rings. The number of hydrogen-bond donors (Lipinski definition) is 0. The summed E-state index contributed by atoms with van der Waals surface area (Å²) in [6.07, 6.45) is 6.25. The van der Waals surface area contributed by atoms with E-state index < -0.39 is 0 Å². The normalized spacial score (nSPS) is 11.3. The van der Waals surface area contributed by atoms with Gasteiger partial charge in [0.05, 0.1) is 0 Å². The Bertz CT molecular complexity index is 1010. The van der Waals surface area contributed by atoms with Gasteiger partial charge in [0.2, 0.25) is 0 Å². The number of fused-ring (bicyclic) bond motifs is 1. The minimum absolute atomic E-state index is 1.20. The molecule has 4 aromatic carbocycles. The highest BCUT2D eigenvalue weighted by Crippen LogP contribution is 2.30. The van der Waals surface area contributed by atoms with Gasteiger partial charge in [0.15, 0.2) is 0 Å². The summed E-state index contributed by atoms with van der Waals surface area (Å²) in [5.74, 6) is 0. The van der Waals surface area contributed by atoms with Gasteiger partial charge in [-0.1, -0.05) is 104 Å². The van der Waals surface area contributed by atoms with Gasteiger partial charge in [-0.05, 0) is 38.2 Å². The first-order chi connectivity index (χ1) is 11.9. The monoisotopic (exact) mass is 306 g/mol. The van der Waals surface area contributed by atoms with Gasteiger partial charge in [-0.15, -0.1) is 0 Å². The lowest BCUT2D eigenvalue weighted by Crippen LogP contribution is -1.76. The molecule has 0 radical (unpaired) electrons. The molecule has 5 rings (SSSR count). The van der Waals surface area contributed by atoms with Crippen molar-refractivity contribution in [1.82, 2.24) is 0 Å². The molecule has 0 saturated carbocycles. The van der Waals surface area contributed by atoms with Crippen molar-refractivity contribution in [3.63, 3.8) is 0 Å². The number of hydrogen-bond acceptors (Lipinski definition) is 0. The predicted octanol–water partition coefficient (Wildman–Crippen LogP) is 6.81. The van der Waals surface area contributed by atoms with Crippen molar-refractivity contribution >= 4 is 39.8 Å². The maximum atomic E-state index is 3.78. The quantitative estimate of drug-likeness (QED) is 0.319. The molecule has 0 aromatic heterocycles. The van der Waals surface area contributed by atoms with Gasteiger partial charge >= 0.3 is 0 Å². The van der Waals surface area contributed by atoms with Crippen molar-refractivity contribution in [2.45, 2.75) is 0 Å². The van der Waals surface area contributed by atoms with Crippen molar-refractivity contribution in [1.29, 1.82) is 0 Å². The average molecular weight is 306 g/mol. The Balaban J connectivity index is 0.000000121. The molecule has 0 fully saturated rings. The van der Waals surface area contributed by atoms with E-state index in [4.69, 9.17) is 0 Å². The summed E-state index contributed by atoms with van der Waals surface area (Å²) in [5, 5.41) is 5.29. The minimum Gasteiger partial charge on any atom is -0.0984 e. The van der Waals surface area contributed by atoms with Gasteiger partial charge in [0, 0.05) is 0 Å². The minimum atomic E-state index is 1.20. The molecule has 114 valence electrons. The molecule has 0 N–H and O–H groups in total. The fourth-order valence-electron chi connectivity index (χ4n) is 3.29. The lowest BCUT2D eigenvalue weighted by Gasteiger charge is -1.99. The van der Waals surface area contributed by atoms with E-state index >= 15 is 0 Å². The second-order valence-electron chi connectivity index (χ2n) is 5.90. The molecular weight excluding hydrogens is 288 g/mol. The van der Waals surface area contributed by atoms with E-state index in [1.165, 1.54) is 38.2 Å². The Morgan fingerprint density at radius 1 is 0.583 bits per heavy atom. The Hall–Kier alpha value is -3.12. The zero-order valence-corrected chi connectivity index (χ0v) is 13.4. The van der Waals surface area contributed by atoms with E-state index in [2.05, 4.69) is 97.6 Å². The summed E-state index contributed by atoms with van der Waals surface area (Å²) in [5.41, 5.74) is 3.90. The molecule has 0 unspecified atom stereocenters. The van der Waals surface area contributed by atoms with E-state index in [0.29, 0.717) is 0 Å². The standard InChI is InChI=1S/C12H8.C12H10/c1-3-9-4-2-6-11-8-7-10(5-1)12(9)11;1-2-10-7-5-8-11-6-3-4-9-12(10)11/h1-8H;2-9H,1H2. The van der Waals surface area contributed by atoms with Crippen LogP contribution in [0.15, 0.2) is 85.4 Å². The zero-order valence-electron chi connectivity index (χ0n) is 13.4. The van der Waals surface area contributed by atoms with Crippen LogP contribution in [0, 0.1) is 0 Å². The van der Waals surface area contributed by atoms with Gasteiger partial charge in [-0.3, -0.25) is 0 Å². The maximum absolute atomic E-state index is 3.78. The van der Waals surface area contributed by atoms with E-state index in [1.807, 2.05) is 6.08 Å². The van der Waals surface area contributed by atoms with Crippen molar-refractivity contribution in [2.75, 3.05) is 0 Å². The molecule has 0 aliphatic heterocycles. The van der Waals surface area contributed by atoms with E-state index in [1.54, 1.807) is 0 Å². The third-order valence-electron chi connectivity index (χ3n) is 4.45. The second-order valence-corrected chi connectivity index (χ2v) is 5.90. The fraction of sp³-hybridized carbons (Fsp3) is 0. The molecule has 0 heteroatoms. The highest BCUT2D eigenvalue weighted by Gasteiger charge is 2.06. The molecular formula is C24H18. The molecule has 1 aliphatic rings. The predicted molar refractivity (Wildman–Crippen MR) is 107 cm³/mol. The van der Waals surface area contributed by atoms with Gasteiger partial charge in [-0.25, -0.2) is 0 Å². The van der Waals surface area contributed by atoms with Crippen LogP contribution in [-0.2, 0) is 0 Å². The molecule has 1 aliphatic carbocycles. The number of rotatable bonds is 1. The maximum Gasteiger partial charge on any atom is -0.00389 e. The molecule has 0 amide bonds. The lowest BCUT2D eigenvalue weighted by molar-refractivity contribution is 1.72. The summed E-state index contributed by atoms with van der Waals surface area (Å²) in [6.45, 7) is 3.78. The Morgan fingerprint density at radius 2 is 1.17 bits per heavy atom. The van der Waals surface area contributed by atoms with E-state index in [-0.39, 0.29) is 0 Å². The van der Waals surface area contributed by atoms with Crippen LogP contribution in [0.25, 0.3) is 39.8 Å². The second kappa shape index (κ2) is 6.17. The summed E-state index contributed by atoms with van der Waals surface area (Å²) in [7, 11) is 0. The topological polar surface area (TPSA) is 0 Å². The summed E-state index contributed by atoms with van der Waals surface area (Å²) in [4.78, 5) is 0. The van der Waals surface area contributed by atoms with Crippen LogP contribution in [-0.4, -0.2) is 0 Å². The van der Waals surface area contributed by atoms with Gasteiger partial charge < -0.3 is 0 Å². The van der Waals surface area contributed by atoms with Crippen LogP contribution in [0.4, 0.5) is 0 Å². The third kappa shape index (κ3) is 2.53. The first-order valence-corrected chi connectivity index (χ1v) is 8.17. The van der Waals surface area contributed by atoms with Crippen LogP contribution < -0.4 is 0 Å². The Morgan fingerprint density at radius 3 is 1.88 bits per heavy atom. The molecule has 0 spiro atoms. The molecule has 24 heavy (non-hydrogen) atoms. The molecule has 0 heterocycles. The molecule has 0 bridgehead atoms. The molecule has 0 atom stereocenters. The van der Waals surface area contributed by atoms with Crippen molar-refractivity contribution in [3.05, 3.63) is 102 Å². The van der Waals surface area contributed by atoms with Crippen LogP contribution in [0.2, 0.25) is 0 Å². The van der Waals surface area contributed by atoms with Crippen molar-refractivity contribution in [2.24, 2.45) is 0 Å². The molecule has 0 saturated heterocycles. The van der Waals surface area contributed by atoms with Gasteiger partial charge in [-0.2, -0.15) is 0 Å². The summed E-state index contributed by atoms with van der Waals surface area (Å²) >= 11 is 0. The molecule has 0 nitrogen and oxygen atoms in total. The van der Waals surface area contributed by atoms with Crippen LogP contribution in [0.3, 0.4) is 0 Å². The Kier molecular flexibility index (Phi) is 3.72. The number of benzene rings is 4. The van der Waals surface area contributed by atoms with Gasteiger partial charge in [0.1, 0.15) is 0 Å². The highest BCUT2D eigenvalue weighted by molar-refractivity contribution is 6.04. The zero-order chi connectivity index (χ0) is 16.4. The van der Waals surface area contributed by atoms with Crippen LogP contribution >= 0.6 is 0 Å². The smallest absolute Gasteiger partial charge is 0.00389 e. The fourth-order valence-corrected chi connectivity index (χ4v) is 3.29. The van der Waals surface area contributed by atoms with Crippen LogP contribution in [0.5, 0.6) is 0 Å². The van der Waals surface area contributed by atoms with E-state index in [0.717, 1.165) is 0 Å². The third-order valence-corrected chi connectivity index (χ3v) is 4.45. The van der Waals surface area contributed by atoms with Crippen molar-refractivity contribution < 1.29 is 0 Å². The van der Waals surface area contributed by atoms with E-state index in [9.17, 15) is 0 Å². The Labute approximate surface area is 142 Å². The average Bonchev–Trinajstić information content (AvgIpc) is 3.07. The van der Waals surface area contributed by atoms with Gasteiger partial charge in [0.25, 0.3) is 0 Å².